The van der Waals surface area contributed by atoms with Gasteiger partial charge in [0.15, 0.2) is 0 Å². The number of carbonyl (C=O) groups is 2. The molecule has 1 amide bonds. The number of hydrogen-bond acceptors (Lipinski definition) is 6. The zero-order valence-electron chi connectivity index (χ0n) is 18.6. The van der Waals surface area contributed by atoms with Gasteiger partial charge in [-0.3, -0.25) is 4.79 Å². The van der Waals surface area contributed by atoms with Crippen molar-refractivity contribution in [3.8, 4) is 5.75 Å². The SMILES string of the molecule is Cc1cc(OC(=O)CCCNC(=O)OCc2ccccc2)c2c3c(c(=O)oc2c1)CCCC3. The van der Waals surface area contributed by atoms with Crippen molar-refractivity contribution in [1.29, 1.82) is 0 Å². The summed E-state index contributed by atoms with van der Waals surface area (Å²) in [6.07, 6.45) is 3.40. The van der Waals surface area contributed by atoms with Crippen LogP contribution < -0.4 is 15.7 Å². The van der Waals surface area contributed by atoms with Gasteiger partial charge in [-0.1, -0.05) is 30.3 Å². The molecule has 0 aliphatic heterocycles. The maximum Gasteiger partial charge on any atom is 0.407 e. The highest BCUT2D eigenvalue weighted by atomic mass is 16.5. The molecule has 0 unspecified atom stereocenters. The summed E-state index contributed by atoms with van der Waals surface area (Å²) in [5, 5.41) is 3.35. The summed E-state index contributed by atoms with van der Waals surface area (Å²) in [7, 11) is 0. The second-order valence-electron chi connectivity index (χ2n) is 8.26. The molecule has 0 spiro atoms. The first kappa shape index (κ1) is 22.6. The molecule has 1 heterocycles. The number of amides is 1. The lowest BCUT2D eigenvalue weighted by molar-refractivity contribution is -0.134. The molecule has 7 heteroatoms. The van der Waals surface area contributed by atoms with Gasteiger partial charge in [-0.2, -0.15) is 0 Å². The van der Waals surface area contributed by atoms with Crippen LogP contribution in [0.1, 0.15) is 47.9 Å². The van der Waals surface area contributed by atoms with Gasteiger partial charge in [0, 0.05) is 18.5 Å². The summed E-state index contributed by atoms with van der Waals surface area (Å²) >= 11 is 0. The van der Waals surface area contributed by atoms with Crippen LogP contribution in [0.15, 0.2) is 51.7 Å². The van der Waals surface area contributed by atoms with Crippen LogP contribution in [0.2, 0.25) is 0 Å². The Hall–Kier alpha value is -3.61. The first-order chi connectivity index (χ1) is 16.0. The monoisotopic (exact) mass is 449 g/mol. The number of esters is 1. The highest BCUT2D eigenvalue weighted by Gasteiger charge is 2.22. The highest BCUT2D eigenvalue weighted by Crippen LogP contribution is 2.34. The number of carbonyl (C=O) groups excluding carboxylic acids is 2. The number of alkyl carbamates (subject to hydrolysis) is 1. The largest absolute Gasteiger partial charge is 0.445 e. The fourth-order valence-electron chi connectivity index (χ4n) is 4.12. The maximum atomic E-state index is 12.5. The molecule has 3 aromatic rings. The standard InChI is InChI=1S/C26H27NO6/c1-17-14-21(24-19-10-5-6-11-20(19)25(29)33-22(24)15-17)32-23(28)12-7-13-27-26(30)31-16-18-8-3-2-4-9-18/h2-4,8-9,14-15H,5-7,10-13,16H2,1H3,(H,27,30). The first-order valence-electron chi connectivity index (χ1n) is 11.3. The molecular weight excluding hydrogens is 422 g/mol. The molecule has 0 bridgehead atoms. The third-order valence-electron chi connectivity index (χ3n) is 5.69. The van der Waals surface area contributed by atoms with Crippen LogP contribution in [0.4, 0.5) is 4.79 Å². The number of ether oxygens (including phenoxy) is 2. The van der Waals surface area contributed by atoms with E-state index in [-0.39, 0.29) is 18.7 Å². The highest BCUT2D eigenvalue weighted by molar-refractivity contribution is 5.91. The average Bonchev–Trinajstić information content (AvgIpc) is 2.81. The van der Waals surface area contributed by atoms with Crippen molar-refractivity contribution in [3.63, 3.8) is 0 Å². The zero-order chi connectivity index (χ0) is 23.2. The van der Waals surface area contributed by atoms with Crippen molar-refractivity contribution in [1.82, 2.24) is 5.32 Å². The minimum Gasteiger partial charge on any atom is -0.445 e. The van der Waals surface area contributed by atoms with E-state index in [2.05, 4.69) is 5.32 Å². The summed E-state index contributed by atoms with van der Waals surface area (Å²) in [4.78, 5) is 36.7. The van der Waals surface area contributed by atoms with E-state index in [1.54, 1.807) is 12.1 Å². The van der Waals surface area contributed by atoms with E-state index in [0.717, 1.165) is 36.0 Å². The molecule has 33 heavy (non-hydrogen) atoms. The molecule has 0 atom stereocenters. The van der Waals surface area contributed by atoms with Crippen molar-refractivity contribution in [2.24, 2.45) is 0 Å². The van der Waals surface area contributed by atoms with E-state index in [0.29, 0.717) is 41.7 Å². The van der Waals surface area contributed by atoms with Gasteiger partial charge in [-0.25, -0.2) is 9.59 Å². The summed E-state index contributed by atoms with van der Waals surface area (Å²) in [6.45, 7) is 2.35. The summed E-state index contributed by atoms with van der Waals surface area (Å²) in [5.41, 5.74) is 3.51. The summed E-state index contributed by atoms with van der Waals surface area (Å²) in [6, 6.07) is 13.0. The number of hydrogen-bond donors (Lipinski definition) is 1. The Bertz CT molecular complexity index is 1210. The molecule has 172 valence electrons. The Morgan fingerprint density at radius 2 is 1.82 bits per heavy atom. The molecular formula is C26H27NO6. The lowest BCUT2D eigenvalue weighted by Crippen LogP contribution is -2.26. The van der Waals surface area contributed by atoms with Gasteiger partial charge >= 0.3 is 17.7 Å². The van der Waals surface area contributed by atoms with Gasteiger partial charge in [0.25, 0.3) is 0 Å². The molecule has 1 aromatic heterocycles. The van der Waals surface area contributed by atoms with E-state index in [9.17, 15) is 14.4 Å². The number of rotatable bonds is 7. The summed E-state index contributed by atoms with van der Waals surface area (Å²) < 4.78 is 16.4. The van der Waals surface area contributed by atoms with Crippen LogP contribution in [-0.4, -0.2) is 18.6 Å². The van der Waals surface area contributed by atoms with Gasteiger partial charge in [-0.05, 0) is 67.9 Å². The van der Waals surface area contributed by atoms with E-state index in [4.69, 9.17) is 13.9 Å². The second-order valence-corrected chi connectivity index (χ2v) is 8.26. The minimum atomic E-state index is -0.529. The van der Waals surface area contributed by atoms with E-state index in [1.807, 2.05) is 37.3 Å². The second kappa shape index (κ2) is 10.3. The maximum absolute atomic E-state index is 12.5. The quantitative estimate of drug-likeness (QED) is 0.245. The average molecular weight is 450 g/mol. The number of fused-ring (bicyclic) bond motifs is 3. The van der Waals surface area contributed by atoms with Crippen molar-refractivity contribution in [3.05, 3.63) is 75.1 Å². The molecule has 0 fully saturated rings. The fraction of sp³-hybridized carbons (Fsp3) is 0.346. The number of benzene rings is 2. The van der Waals surface area contributed by atoms with Crippen molar-refractivity contribution >= 4 is 23.0 Å². The van der Waals surface area contributed by atoms with E-state index < -0.39 is 12.1 Å². The predicted molar refractivity (Wildman–Crippen MR) is 123 cm³/mol. The van der Waals surface area contributed by atoms with Gasteiger partial charge in [0.05, 0.1) is 5.39 Å². The summed E-state index contributed by atoms with van der Waals surface area (Å²) in [5.74, 6) is 0.0178. The number of nitrogens with one attached hydrogen (secondary N) is 1. The molecule has 0 saturated carbocycles. The van der Waals surface area contributed by atoms with Crippen molar-refractivity contribution in [2.45, 2.75) is 52.1 Å². The minimum absolute atomic E-state index is 0.132. The first-order valence-corrected chi connectivity index (χ1v) is 11.3. The molecule has 7 nitrogen and oxygen atoms in total. The normalized spacial score (nSPS) is 12.8. The van der Waals surface area contributed by atoms with Crippen molar-refractivity contribution < 1.29 is 23.5 Å². The van der Waals surface area contributed by atoms with Crippen LogP contribution in [0.5, 0.6) is 5.75 Å². The Labute approximate surface area is 191 Å². The molecule has 4 rings (SSSR count). The molecule has 1 aliphatic carbocycles. The fourth-order valence-corrected chi connectivity index (χ4v) is 4.12. The van der Waals surface area contributed by atoms with Crippen molar-refractivity contribution in [2.75, 3.05) is 6.54 Å². The molecule has 1 aliphatic rings. The molecule has 0 saturated heterocycles. The smallest absolute Gasteiger partial charge is 0.407 e. The van der Waals surface area contributed by atoms with Gasteiger partial charge in [0.2, 0.25) is 0 Å². The van der Waals surface area contributed by atoms with E-state index in [1.165, 1.54) is 0 Å². The number of aryl methyl sites for hydroxylation is 2. The van der Waals surface area contributed by atoms with Crippen LogP contribution >= 0.6 is 0 Å². The topological polar surface area (TPSA) is 94.8 Å². The van der Waals surface area contributed by atoms with E-state index >= 15 is 0 Å². The van der Waals surface area contributed by atoms with Crippen LogP contribution in [0.3, 0.4) is 0 Å². The molecule has 0 radical (unpaired) electrons. The molecule has 2 aromatic carbocycles. The van der Waals surface area contributed by atoms with Crippen LogP contribution in [0, 0.1) is 6.92 Å². The Morgan fingerprint density at radius 1 is 1.06 bits per heavy atom. The van der Waals surface area contributed by atoms with Gasteiger partial charge in [-0.15, -0.1) is 0 Å². The predicted octanol–water partition coefficient (Wildman–Crippen LogP) is 4.59. The zero-order valence-corrected chi connectivity index (χ0v) is 18.6. The van der Waals surface area contributed by atoms with Crippen LogP contribution in [-0.2, 0) is 29.0 Å². The Morgan fingerprint density at radius 3 is 2.61 bits per heavy atom. The third kappa shape index (κ3) is 5.61. The lowest BCUT2D eigenvalue weighted by atomic mass is 9.90. The molecule has 1 N–H and O–H groups in total. The van der Waals surface area contributed by atoms with Gasteiger partial charge < -0.3 is 19.2 Å². The third-order valence-corrected chi connectivity index (χ3v) is 5.69. The Kier molecular flexibility index (Phi) is 7.07. The lowest BCUT2D eigenvalue weighted by Gasteiger charge is -2.18. The Balaban J connectivity index is 1.33. The van der Waals surface area contributed by atoms with Crippen LogP contribution in [0.25, 0.3) is 11.0 Å². The van der Waals surface area contributed by atoms with Gasteiger partial charge in [0.1, 0.15) is 17.9 Å².